The summed E-state index contributed by atoms with van der Waals surface area (Å²) in [5.74, 6) is 0.891. The van der Waals surface area contributed by atoms with Crippen LogP contribution >= 0.6 is 39.1 Å². The van der Waals surface area contributed by atoms with Gasteiger partial charge in [0.2, 0.25) is 0 Å². The van der Waals surface area contributed by atoms with Gasteiger partial charge >= 0.3 is 0 Å². The van der Waals surface area contributed by atoms with Crippen LogP contribution in [0.3, 0.4) is 0 Å². The normalized spacial score (nSPS) is 14.1. The van der Waals surface area contributed by atoms with E-state index in [4.69, 9.17) is 27.9 Å². The van der Waals surface area contributed by atoms with Crippen molar-refractivity contribution < 1.29 is 9.53 Å². The summed E-state index contributed by atoms with van der Waals surface area (Å²) in [5.41, 5.74) is 3.58. The number of rotatable bonds is 3. The minimum atomic E-state index is -0.218. The van der Waals surface area contributed by atoms with Crippen molar-refractivity contribution in [2.75, 3.05) is 5.32 Å². The van der Waals surface area contributed by atoms with Gasteiger partial charge in [-0.1, -0.05) is 39.1 Å². The predicted octanol–water partition coefficient (Wildman–Crippen LogP) is 6.93. The maximum atomic E-state index is 12.4. The molecule has 0 aliphatic carbocycles. The Morgan fingerprint density at radius 2 is 1.79 bits per heavy atom. The molecule has 4 nitrogen and oxygen atoms in total. The summed E-state index contributed by atoms with van der Waals surface area (Å²) in [7, 11) is 0. The Balaban J connectivity index is 1.61. The molecule has 0 saturated heterocycles. The van der Waals surface area contributed by atoms with Gasteiger partial charge in [-0.15, -0.1) is 0 Å². The molecule has 0 atom stereocenters. The van der Waals surface area contributed by atoms with Gasteiger partial charge in [-0.05, 0) is 67.1 Å². The molecule has 0 spiro atoms. The predicted molar refractivity (Wildman–Crippen MR) is 117 cm³/mol. The van der Waals surface area contributed by atoms with Crippen molar-refractivity contribution in [1.29, 1.82) is 0 Å². The van der Waals surface area contributed by atoms with Gasteiger partial charge in [0.05, 0.1) is 16.4 Å². The number of nitrogens with zero attached hydrogens (tertiary/aromatic N) is 1. The van der Waals surface area contributed by atoms with E-state index < -0.39 is 0 Å². The third-order valence-electron chi connectivity index (χ3n) is 4.21. The number of carbonyl (C=O) groups is 1. The summed E-state index contributed by atoms with van der Waals surface area (Å²) in [6, 6.07) is 16.0. The number of halogens is 3. The number of benzene rings is 3. The summed E-state index contributed by atoms with van der Waals surface area (Å²) in [6.07, 6.45) is 0. The maximum absolute atomic E-state index is 12.4. The lowest BCUT2D eigenvalue weighted by atomic mass is 10.1. The second-order valence-electron chi connectivity index (χ2n) is 6.23. The maximum Gasteiger partial charge on any atom is 0.275 e. The van der Waals surface area contributed by atoms with E-state index in [1.807, 2.05) is 19.1 Å². The molecule has 0 radical (unpaired) electrons. The first kappa shape index (κ1) is 19.0. The van der Waals surface area contributed by atoms with E-state index in [1.165, 1.54) is 0 Å². The lowest BCUT2D eigenvalue weighted by Crippen LogP contribution is -2.13. The summed E-state index contributed by atoms with van der Waals surface area (Å²) < 4.78 is 6.67. The average molecular weight is 476 g/mol. The van der Waals surface area contributed by atoms with Crippen LogP contribution in [0.5, 0.6) is 11.5 Å². The molecule has 1 amide bonds. The Kier molecular flexibility index (Phi) is 5.15. The van der Waals surface area contributed by atoms with Gasteiger partial charge in [-0.3, -0.25) is 4.79 Å². The Labute approximate surface area is 180 Å². The largest absolute Gasteiger partial charge is 0.456 e. The first-order chi connectivity index (χ1) is 13.4. The number of fused-ring (bicyclic) bond motifs is 1. The molecule has 0 aromatic heterocycles. The highest BCUT2D eigenvalue weighted by molar-refractivity contribution is 9.10. The number of aliphatic imine (C=N–C) groups is 1. The lowest BCUT2D eigenvalue weighted by molar-refractivity contribution is -0.110. The summed E-state index contributed by atoms with van der Waals surface area (Å²) in [6.45, 7) is 1.95. The Morgan fingerprint density at radius 1 is 1.04 bits per heavy atom. The van der Waals surface area contributed by atoms with Crippen molar-refractivity contribution in [3.63, 3.8) is 0 Å². The van der Waals surface area contributed by atoms with Gasteiger partial charge in [0.15, 0.2) is 0 Å². The number of amides is 1. The number of carbonyl (C=O) groups excluding carboxylic acids is 1. The highest BCUT2D eigenvalue weighted by atomic mass is 79.9. The molecule has 28 heavy (non-hydrogen) atoms. The second kappa shape index (κ2) is 7.59. The zero-order valence-electron chi connectivity index (χ0n) is 14.6. The Morgan fingerprint density at radius 3 is 2.50 bits per heavy atom. The number of hydrogen-bond acceptors (Lipinski definition) is 3. The van der Waals surface area contributed by atoms with E-state index in [9.17, 15) is 4.79 Å². The summed E-state index contributed by atoms with van der Waals surface area (Å²) >= 11 is 15.5. The van der Waals surface area contributed by atoms with Gasteiger partial charge in [0.1, 0.15) is 17.2 Å². The van der Waals surface area contributed by atoms with Gasteiger partial charge in [-0.2, -0.15) is 0 Å². The van der Waals surface area contributed by atoms with Crippen LogP contribution in [-0.2, 0) is 4.79 Å². The number of ether oxygens (including phenoxy) is 1. The highest BCUT2D eigenvalue weighted by Crippen LogP contribution is 2.34. The first-order valence-electron chi connectivity index (χ1n) is 8.34. The van der Waals surface area contributed by atoms with Crippen LogP contribution < -0.4 is 10.1 Å². The smallest absolute Gasteiger partial charge is 0.275 e. The third-order valence-corrected chi connectivity index (χ3v) is 5.20. The average Bonchev–Trinajstić information content (AvgIpc) is 2.95. The standard InChI is InChI=1S/C21H13BrCl2N2O2/c1-11-8-12(22)9-16-19(11)26-21(27)20(16)25-14-3-5-15(6-4-14)28-18-7-2-13(23)10-17(18)24/h2-10H,1H3,(H,25,26,27). The lowest BCUT2D eigenvalue weighted by Gasteiger charge is -2.08. The Bertz CT molecular complexity index is 1130. The van der Waals surface area contributed by atoms with Gasteiger partial charge in [0, 0.05) is 15.1 Å². The van der Waals surface area contributed by atoms with Crippen molar-refractivity contribution in [2.24, 2.45) is 4.99 Å². The van der Waals surface area contributed by atoms with Crippen molar-refractivity contribution in [3.8, 4) is 11.5 Å². The van der Waals surface area contributed by atoms with Crippen molar-refractivity contribution in [3.05, 3.63) is 80.2 Å². The van der Waals surface area contributed by atoms with Crippen LogP contribution in [0, 0.1) is 6.92 Å². The van der Waals surface area contributed by atoms with Gasteiger partial charge in [0.25, 0.3) is 5.91 Å². The van der Waals surface area contributed by atoms with Crippen LogP contribution in [0.4, 0.5) is 11.4 Å². The number of hydrogen-bond donors (Lipinski definition) is 1. The minimum absolute atomic E-state index is 0.218. The van der Waals surface area contributed by atoms with Crippen LogP contribution in [0.2, 0.25) is 10.0 Å². The topological polar surface area (TPSA) is 50.7 Å². The molecule has 3 aromatic carbocycles. The zero-order chi connectivity index (χ0) is 19.8. The molecule has 4 rings (SSSR count). The molecule has 1 aliphatic rings. The fourth-order valence-electron chi connectivity index (χ4n) is 2.90. The quantitative estimate of drug-likeness (QED) is 0.446. The molecule has 1 heterocycles. The van der Waals surface area contributed by atoms with Crippen LogP contribution in [0.25, 0.3) is 0 Å². The molecule has 0 saturated carbocycles. The van der Waals surface area contributed by atoms with Gasteiger partial charge in [-0.25, -0.2) is 4.99 Å². The third kappa shape index (κ3) is 3.78. The molecule has 1 N–H and O–H groups in total. The number of aryl methyl sites for hydroxylation is 1. The van der Waals surface area contributed by atoms with Crippen LogP contribution in [-0.4, -0.2) is 11.6 Å². The van der Waals surface area contributed by atoms with Crippen LogP contribution in [0.1, 0.15) is 11.1 Å². The van der Waals surface area contributed by atoms with E-state index in [1.54, 1.807) is 42.5 Å². The van der Waals surface area contributed by atoms with E-state index in [0.29, 0.717) is 32.9 Å². The molecular weight excluding hydrogens is 463 g/mol. The Hall–Kier alpha value is -2.34. The summed E-state index contributed by atoms with van der Waals surface area (Å²) in [4.78, 5) is 16.9. The first-order valence-corrected chi connectivity index (χ1v) is 9.89. The molecule has 3 aromatic rings. The fraction of sp³-hybridized carbons (Fsp3) is 0.0476. The van der Waals surface area contributed by atoms with Crippen molar-refractivity contribution in [1.82, 2.24) is 0 Å². The highest BCUT2D eigenvalue weighted by Gasteiger charge is 2.27. The van der Waals surface area contributed by atoms with Gasteiger partial charge < -0.3 is 10.1 Å². The second-order valence-corrected chi connectivity index (χ2v) is 7.99. The van der Waals surface area contributed by atoms with E-state index >= 15 is 0 Å². The molecular formula is C21H13BrCl2N2O2. The van der Waals surface area contributed by atoms with E-state index in [2.05, 4.69) is 26.2 Å². The monoisotopic (exact) mass is 474 g/mol. The minimum Gasteiger partial charge on any atom is -0.456 e. The number of nitrogens with one attached hydrogen (secondary N) is 1. The fourth-order valence-corrected chi connectivity index (χ4v) is 3.92. The van der Waals surface area contributed by atoms with Crippen LogP contribution in [0.15, 0.2) is 64.1 Å². The molecule has 7 heteroatoms. The van der Waals surface area contributed by atoms with E-state index in [0.717, 1.165) is 21.3 Å². The van der Waals surface area contributed by atoms with Crippen molar-refractivity contribution in [2.45, 2.75) is 6.92 Å². The SMILES string of the molecule is Cc1cc(Br)cc2c1NC(=O)C2=Nc1ccc(Oc2ccc(Cl)cc2Cl)cc1. The van der Waals surface area contributed by atoms with Crippen molar-refractivity contribution >= 4 is 62.1 Å². The molecule has 0 bridgehead atoms. The van der Waals surface area contributed by atoms with E-state index in [-0.39, 0.29) is 5.91 Å². The molecule has 0 fully saturated rings. The zero-order valence-corrected chi connectivity index (χ0v) is 17.7. The molecule has 140 valence electrons. The molecule has 1 aliphatic heterocycles. The number of anilines is 1. The summed E-state index contributed by atoms with van der Waals surface area (Å²) in [5, 5.41) is 3.85. The molecule has 0 unspecified atom stereocenters.